The summed E-state index contributed by atoms with van der Waals surface area (Å²) in [6.45, 7) is 0. The topological polar surface area (TPSA) is 56.3 Å². The van der Waals surface area contributed by atoms with E-state index in [4.69, 9.17) is 4.18 Å². The number of benzene rings is 1. The molecule has 1 heterocycles. The summed E-state index contributed by atoms with van der Waals surface area (Å²) < 4.78 is 28.9. The molecule has 0 aliphatic heterocycles. The van der Waals surface area contributed by atoms with Crippen molar-refractivity contribution in [1.82, 2.24) is 4.98 Å². The third-order valence-electron chi connectivity index (χ3n) is 2.02. The Hall–Kier alpha value is 0.210. The third kappa shape index (κ3) is 4.40. The molecule has 4 nitrogen and oxygen atoms in total. The van der Waals surface area contributed by atoms with E-state index in [0.29, 0.717) is 12.2 Å². The summed E-state index contributed by atoms with van der Waals surface area (Å²) in [6, 6.07) is 7.42. The van der Waals surface area contributed by atoms with Crippen molar-refractivity contribution in [3.05, 3.63) is 24.3 Å². The summed E-state index contributed by atoms with van der Waals surface area (Å²) in [5.74, 6) is 0.481. The van der Waals surface area contributed by atoms with E-state index in [0.717, 1.165) is 10.2 Å². The Morgan fingerprint density at radius 2 is 2.06 bits per heavy atom. The summed E-state index contributed by atoms with van der Waals surface area (Å²) in [7, 11) is -3.55. The van der Waals surface area contributed by atoms with E-state index in [1.807, 2.05) is 24.3 Å². The van der Waals surface area contributed by atoms with Crippen molar-refractivity contribution in [3.63, 3.8) is 0 Å². The van der Waals surface area contributed by atoms with Crippen LogP contribution in [0.25, 0.3) is 10.2 Å². The third-order valence-corrected chi connectivity index (χ3v) is 4.56. The zero-order valence-corrected chi connectivity index (χ0v) is 11.4. The Labute approximate surface area is 138 Å². The second-order valence-electron chi connectivity index (χ2n) is 3.37. The number of hydrogen-bond acceptors (Lipinski definition) is 6. The summed E-state index contributed by atoms with van der Waals surface area (Å²) in [6.07, 6.45) is 0.469. The molecule has 0 bridgehead atoms. The van der Waals surface area contributed by atoms with Crippen molar-refractivity contribution in [3.8, 4) is 5.19 Å². The number of fused-ring (bicyclic) bond motifs is 1. The van der Waals surface area contributed by atoms with Gasteiger partial charge in [0.2, 0.25) is 0 Å². The van der Waals surface area contributed by atoms with Crippen LogP contribution in [-0.2, 0) is 10.1 Å². The number of para-hydroxylation sites is 1. The van der Waals surface area contributed by atoms with Gasteiger partial charge in [-0.3, -0.25) is 0 Å². The van der Waals surface area contributed by atoms with E-state index >= 15 is 0 Å². The SMILES string of the molecule is O=S(=O)(CCCS)Oc1nc2ccccc2s1.[NaH]. The van der Waals surface area contributed by atoms with E-state index in [1.54, 1.807) is 0 Å². The van der Waals surface area contributed by atoms with E-state index in [-0.39, 0.29) is 40.5 Å². The molecule has 0 radical (unpaired) electrons. The summed E-state index contributed by atoms with van der Waals surface area (Å²) in [4.78, 5) is 4.10. The van der Waals surface area contributed by atoms with Gasteiger partial charge in [0.05, 0.1) is 16.0 Å². The molecule has 94 valence electrons. The fraction of sp³-hybridized carbons (Fsp3) is 0.300. The molecule has 0 N–H and O–H groups in total. The first-order valence-corrected chi connectivity index (χ1v) is 8.02. The summed E-state index contributed by atoms with van der Waals surface area (Å²) >= 11 is 5.19. The van der Waals surface area contributed by atoms with Crippen molar-refractivity contribution >= 4 is 73.9 Å². The molecule has 18 heavy (non-hydrogen) atoms. The minimum atomic E-state index is -3.55. The van der Waals surface area contributed by atoms with Crippen LogP contribution in [0.15, 0.2) is 24.3 Å². The Kier molecular flexibility index (Phi) is 6.43. The molecular weight excluding hydrogens is 301 g/mol. The van der Waals surface area contributed by atoms with Crippen LogP contribution in [0.3, 0.4) is 0 Å². The van der Waals surface area contributed by atoms with Crippen LogP contribution in [0.2, 0.25) is 0 Å². The predicted molar refractivity (Wildman–Crippen MR) is 79.7 cm³/mol. The summed E-state index contributed by atoms with van der Waals surface area (Å²) in [5, 5.41) is 0.172. The van der Waals surface area contributed by atoms with Gasteiger partial charge < -0.3 is 4.18 Å². The van der Waals surface area contributed by atoms with E-state index in [9.17, 15) is 8.42 Å². The maximum atomic E-state index is 11.5. The zero-order valence-electron chi connectivity index (χ0n) is 8.87. The van der Waals surface area contributed by atoms with Crippen molar-refractivity contribution in [2.75, 3.05) is 11.5 Å². The molecule has 0 aliphatic carbocycles. The van der Waals surface area contributed by atoms with Crippen molar-refractivity contribution in [2.45, 2.75) is 6.42 Å². The Bertz CT molecular complexity index is 579. The van der Waals surface area contributed by atoms with Crippen LogP contribution in [0, 0.1) is 0 Å². The first-order valence-electron chi connectivity index (χ1n) is 4.99. The first kappa shape index (κ1) is 16.3. The van der Waals surface area contributed by atoms with Crippen LogP contribution >= 0.6 is 24.0 Å². The standard InChI is InChI=1S/C10H11NO3S3.Na.H/c12-17(13,7-3-6-15)14-10-11-8-4-1-2-5-9(8)16-10;;/h1-2,4-5,15H,3,6-7H2;;. The number of hydrogen-bond donors (Lipinski definition) is 1. The van der Waals surface area contributed by atoms with E-state index < -0.39 is 10.1 Å². The number of thiazole rings is 1. The van der Waals surface area contributed by atoms with Gasteiger partial charge in [0, 0.05) is 0 Å². The van der Waals surface area contributed by atoms with Gasteiger partial charge in [0.15, 0.2) is 0 Å². The molecule has 2 aromatic rings. The number of rotatable bonds is 5. The Morgan fingerprint density at radius 3 is 2.72 bits per heavy atom. The molecular formula is C10H12NNaO3S3. The molecule has 0 saturated heterocycles. The molecule has 0 fully saturated rings. The van der Waals surface area contributed by atoms with Gasteiger partial charge in [-0.25, -0.2) is 4.98 Å². The zero-order chi connectivity index (χ0) is 12.3. The van der Waals surface area contributed by atoms with Gasteiger partial charge in [-0.05, 0) is 24.3 Å². The number of nitrogens with zero attached hydrogens (tertiary/aromatic N) is 1. The van der Waals surface area contributed by atoms with Gasteiger partial charge in [-0.2, -0.15) is 21.0 Å². The molecule has 0 aliphatic rings. The van der Waals surface area contributed by atoms with Crippen LogP contribution in [0.4, 0.5) is 0 Å². The van der Waals surface area contributed by atoms with Crippen molar-refractivity contribution in [1.29, 1.82) is 0 Å². The second-order valence-corrected chi connectivity index (χ2v) is 6.50. The van der Waals surface area contributed by atoms with Crippen molar-refractivity contribution in [2.24, 2.45) is 0 Å². The van der Waals surface area contributed by atoms with Crippen LogP contribution in [-0.4, -0.2) is 54.5 Å². The van der Waals surface area contributed by atoms with Gasteiger partial charge in [0.1, 0.15) is 0 Å². The quantitative estimate of drug-likeness (QED) is 0.518. The predicted octanol–water partition coefficient (Wildman–Crippen LogP) is 1.68. The van der Waals surface area contributed by atoms with Crippen LogP contribution in [0.1, 0.15) is 6.42 Å². The fourth-order valence-electron chi connectivity index (χ4n) is 1.28. The van der Waals surface area contributed by atoms with Gasteiger partial charge >= 0.3 is 39.7 Å². The average Bonchev–Trinajstić information content (AvgIpc) is 2.67. The minimum absolute atomic E-state index is 0. The fourth-order valence-corrected chi connectivity index (χ4v) is 3.63. The van der Waals surface area contributed by atoms with E-state index in [1.165, 1.54) is 11.3 Å². The molecule has 8 heteroatoms. The molecule has 2 rings (SSSR count). The summed E-state index contributed by atoms with van der Waals surface area (Å²) in [5.41, 5.74) is 0.747. The Morgan fingerprint density at radius 1 is 1.33 bits per heavy atom. The van der Waals surface area contributed by atoms with Gasteiger partial charge in [0.25, 0.3) is 5.19 Å². The monoisotopic (exact) mass is 313 g/mol. The number of thiol groups is 1. The Balaban J connectivity index is 0.00000162. The molecule has 0 unspecified atom stereocenters. The first-order chi connectivity index (χ1) is 8.11. The van der Waals surface area contributed by atoms with Gasteiger partial charge in [-0.15, -0.1) is 0 Å². The second kappa shape index (κ2) is 7.12. The average molecular weight is 313 g/mol. The molecule has 0 amide bonds. The normalized spacial score (nSPS) is 11.2. The number of aromatic nitrogens is 1. The van der Waals surface area contributed by atoms with Crippen molar-refractivity contribution < 1.29 is 12.6 Å². The molecule has 0 saturated carbocycles. The van der Waals surface area contributed by atoms with Crippen LogP contribution in [0.5, 0.6) is 5.19 Å². The molecule has 1 aromatic heterocycles. The van der Waals surface area contributed by atoms with Gasteiger partial charge in [-0.1, -0.05) is 23.5 Å². The maximum absolute atomic E-state index is 11.5. The van der Waals surface area contributed by atoms with Crippen LogP contribution < -0.4 is 4.18 Å². The molecule has 0 atom stereocenters. The molecule has 1 aromatic carbocycles. The van der Waals surface area contributed by atoms with E-state index in [2.05, 4.69) is 17.6 Å². The molecule has 0 spiro atoms.